The fourth-order valence-electron chi connectivity index (χ4n) is 3.74. The van der Waals surface area contributed by atoms with Crippen molar-refractivity contribution in [2.75, 3.05) is 19.8 Å². The second-order valence-corrected chi connectivity index (χ2v) is 6.56. The zero-order valence-corrected chi connectivity index (χ0v) is 13.4. The van der Waals surface area contributed by atoms with E-state index in [2.05, 4.69) is 0 Å². The van der Waals surface area contributed by atoms with E-state index in [0.29, 0.717) is 31.9 Å². The number of aryl methyl sites for hydroxylation is 1. The smallest absolute Gasteiger partial charge is 0.308 e. The number of carboxylic acids is 1. The molecule has 5 heteroatoms. The molecule has 0 saturated carbocycles. The Labute approximate surface area is 136 Å². The third-order valence-electron chi connectivity index (χ3n) is 5.01. The van der Waals surface area contributed by atoms with Crippen molar-refractivity contribution in [3.05, 3.63) is 35.4 Å². The van der Waals surface area contributed by atoms with Crippen LogP contribution in [0.1, 0.15) is 36.4 Å². The lowest BCUT2D eigenvalue weighted by atomic mass is 9.82. The van der Waals surface area contributed by atoms with Crippen LogP contribution in [0.15, 0.2) is 24.3 Å². The highest BCUT2D eigenvalue weighted by Gasteiger charge is 2.42. The molecule has 2 fully saturated rings. The summed E-state index contributed by atoms with van der Waals surface area (Å²) in [7, 11) is 0. The van der Waals surface area contributed by atoms with Crippen LogP contribution in [0.25, 0.3) is 0 Å². The van der Waals surface area contributed by atoms with Crippen molar-refractivity contribution in [2.24, 2.45) is 11.8 Å². The number of benzene rings is 1. The number of rotatable bonds is 4. The van der Waals surface area contributed by atoms with Gasteiger partial charge in [-0.3, -0.25) is 9.59 Å². The van der Waals surface area contributed by atoms with Crippen LogP contribution >= 0.6 is 0 Å². The van der Waals surface area contributed by atoms with Gasteiger partial charge in [0.25, 0.3) is 0 Å². The fraction of sp³-hybridized carbons (Fsp3) is 0.556. The SMILES string of the molecule is Cc1ccccc1C1C(C(=O)O)CCC(=O)N1CC1CCOC1. The van der Waals surface area contributed by atoms with Crippen molar-refractivity contribution < 1.29 is 19.4 Å². The second kappa shape index (κ2) is 6.71. The van der Waals surface area contributed by atoms with Gasteiger partial charge in [0.15, 0.2) is 0 Å². The van der Waals surface area contributed by atoms with Crippen molar-refractivity contribution in [3.63, 3.8) is 0 Å². The van der Waals surface area contributed by atoms with Crippen LogP contribution < -0.4 is 0 Å². The first-order chi connectivity index (χ1) is 11.1. The molecule has 0 aliphatic carbocycles. The van der Waals surface area contributed by atoms with Gasteiger partial charge in [-0.1, -0.05) is 24.3 Å². The molecule has 0 radical (unpaired) electrons. The maximum absolute atomic E-state index is 12.5. The van der Waals surface area contributed by atoms with E-state index in [0.717, 1.165) is 24.2 Å². The Hall–Kier alpha value is -1.88. The van der Waals surface area contributed by atoms with Gasteiger partial charge < -0.3 is 14.7 Å². The zero-order valence-electron chi connectivity index (χ0n) is 13.4. The summed E-state index contributed by atoms with van der Waals surface area (Å²) in [6.45, 7) is 3.94. The van der Waals surface area contributed by atoms with Gasteiger partial charge in [-0.15, -0.1) is 0 Å². The summed E-state index contributed by atoms with van der Waals surface area (Å²) in [5.41, 5.74) is 1.98. The summed E-state index contributed by atoms with van der Waals surface area (Å²) in [4.78, 5) is 26.1. The minimum Gasteiger partial charge on any atom is -0.481 e. The number of carbonyl (C=O) groups is 2. The number of carbonyl (C=O) groups excluding carboxylic acids is 1. The van der Waals surface area contributed by atoms with Crippen LogP contribution in [0.3, 0.4) is 0 Å². The van der Waals surface area contributed by atoms with Crippen LogP contribution in [-0.2, 0) is 14.3 Å². The Morgan fingerprint density at radius 1 is 1.35 bits per heavy atom. The summed E-state index contributed by atoms with van der Waals surface area (Å²) in [6, 6.07) is 7.40. The van der Waals surface area contributed by atoms with E-state index in [4.69, 9.17) is 4.74 Å². The molecule has 124 valence electrons. The molecular weight excluding hydrogens is 294 g/mol. The van der Waals surface area contributed by atoms with E-state index in [1.54, 1.807) is 4.90 Å². The number of carboxylic acid groups (broad SMARTS) is 1. The number of piperidine rings is 1. The van der Waals surface area contributed by atoms with Gasteiger partial charge in [-0.25, -0.2) is 0 Å². The van der Waals surface area contributed by atoms with E-state index in [9.17, 15) is 14.7 Å². The van der Waals surface area contributed by atoms with E-state index in [1.165, 1.54) is 0 Å². The Morgan fingerprint density at radius 3 is 2.78 bits per heavy atom. The maximum Gasteiger partial charge on any atom is 0.308 e. The number of aliphatic carboxylic acids is 1. The summed E-state index contributed by atoms with van der Waals surface area (Å²) < 4.78 is 5.42. The monoisotopic (exact) mass is 317 g/mol. The standard InChI is InChI=1S/C18H23NO4/c1-12-4-2-3-5-14(12)17-15(18(21)22)6-7-16(20)19(17)10-13-8-9-23-11-13/h2-5,13,15,17H,6-11H2,1H3,(H,21,22). The maximum atomic E-state index is 12.5. The molecule has 2 aliphatic heterocycles. The molecule has 0 aromatic heterocycles. The number of nitrogens with zero attached hydrogens (tertiary/aromatic N) is 1. The molecule has 2 heterocycles. The number of ether oxygens (including phenoxy) is 1. The molecule has 5 nitrogen and oxygen atoms in total. The second-order valence-electron chi connectivity index (χ2n) is 6.56. The number of likely N-dealkylation sites (tertiary alicyclic amines) is 1. The van der Waals surface area contributed by atoms with Gasteiger partial charge in [0, 0.05) is 25.5 Å². The van der Waals surface area contributed by atoms with Gasteiger partial charge in [-0.05, 0) is 30.9 Å². The van der Waals surface area contributed by atoms with Crippen molar-refractivity contribution in [1.29, 1.82) is 0 Å². The molecule has 3 unspecified atom stereocenters. The highest BCUT2D eigenvalue weighted by Crippen LogP contribution is 2.39. The molecule has 1 N–H and O–H groups in total. The predicted molar refractivity (Wildman–Crippen MR) is 84.9 cm³/mol. The quantitative estimate of drug-likeness (QED) is 0.926. The van der Waals surface area contributed by atoms with Crippen LogP contribution in [0.5, 0.6) is 0 Å². The van der Waals surface area contributed by atoms with Crippen molar-refractivity contribution in [2.45, 2.75) is 32.2 Å². The summed E-state index contributed by atoms with van der Waals surface area (Å²) in [6.07, 6.45) is 1.65. The van der Waals surface area contributed by atoms with Gasteiger partial charge in [0.1, 0.15) is 0 Å². The minimum atomic E-state index is -0.821. The largest absolute Gasteiger partial charge is 0.481 e. The van der Waals surface area contributed by atoms with Gasteiger partial charge in [0.05, 0.1) is 18.6 Å². The first kappa shape index (κ1) is 16.0. The Morgan fingerprint density at radius 2 is 2.13 bits per heavy atom. The highest BCUT2D eigenvalue weighted by molar-refractivity contribution is 5.82. The third kappa shape index (κ3) is 3.24. The van der Waals surface area contributed by atoms with E-state index >= 15 is 0 Å². The van der Waals surface area contributed by atoms with Gasteiger partial charge in [0.2, 0.25) is 5.91 Å². The first-order valence-corrected chi connectivity index (χ1v) is 8.23. The molecule has 2 aliphatic rings. The van der Waals surface area contributed by atoms with Gasteiger partial charge in [-0.2, -0.15) is 0 Å². The van der Waals surface area contributed by atoms with Crippen LogP contribution in [0.2, 0.25) is 0 Å². The first-order valence-electron chi connectivity index (χ1n) is 8.23. The number of hydrogen-bond acceptors (Lipinski definition) is 3. The Balaban J connectivity index is 1.95. The topological polar surface area (TPSA) is 66.8 Å². The Kier molecular flexibility index (Phi) is 4.66. The minimum absolute atomic E-state index is 0.0580. The van der Waals surface area contributed by atoms with Gasteiger partial charge >= 0.3 is 5.97 Å². The van der Waals surface area contributed by atoms with Crippen molar-refractivity contribution in [3.8, 4) is 0 Å². The molecule has 1 aromatic carbocycles. The van der Waals surface area contributed by atoms with Crippen LogP contribution in [-0.4, -0.2) is 41.6 Å². The molecule has 23 heavy (non-hydrogen) atoms. The van der Waals surface area contributed by atoms with Crippen LogP contribution in [0, 0.1) is 18.8 Å². The Bertz CT molecular complexity index is 594. The van der Waals surface area contributed by atoms with E-state index < -0.39 is 11.9 Å². The molecule has 3 rings (SSSR count). The average molecular weight is 317 g/mol. The van der Waals surface area contributed by atoms with Crippen molar-refractivity contribution >= 4 is 11.9 Å². The highest BCUT2D eigenvalue weighted by atomic mass is 16.5. The van der Waals surface area contributed by atoms with Crippen molar-refractivity contribution in [1.82, 2.24) is 4.90 Å². The van der Waals surface area contributed by atoms with E-state index in [-0.39, 0.29) is 11.9 Å². The normalized spacial score (nSPS) is 28.1. The molecule has 2 saturated heterocycles. The summed E-state index contributed by atoms with van der Waals surface area (Å²) >= 11 is 0. The molecule has 3 atom stereocenters. The van der Waals surface area contributed by atoms with Crippen LogP contribution in [0.4, 0.5) is 0 Å². The lowest BCUT2D eigenvalue weighted by Gasteiger charge is -2.41. The zero-order chi connectivity index (χ0) is 16.4. The third-order valence-corrected chi connectivity index (χ3v) is 5.01. The molecule has 1 aromatic rings. The summed E-state index contributed by atoms with van der Waals surface area (Å²) in [5, 5.41) is 9.66. The number of amides is 1. The molecular formula is C18H23NO4. The summed E-state index contributed by atoms with van der Waals surface area (Å²) in [5.74, 6) is -1.00. The lowest BCUT2D eigenvalue weighted by Crippen LogP contribution is -2.47. The lowest BCUT2D eigenvalue weighted by molar-refractivity contribution is -0.152. The predicted octanol–water partition coefficient (Wildman–Crippen LogP) is 2.40. The average Bonchev–Trinajstić information content (AvgIpc) is 3.03. The molecule has 0 bridgehead atoms. The molecule has 0 spiro atoms. The number of hydrogen-bond donors (Lipinski definition) is 1. The molecule has 1 amide bonds. The fourth-order valence-corrected chi connectivity index (χ4v) is 3.74. The van der Waals surface area contributed by atoms with E-state index in [1.807, 2.05) is 31.2 Å².